The molecule has 2 heterocycles. The number of fused-ring (bicyclic) bond motifs is 2. The van der Waals surface area contributed by atoms with Gasteiger partial charge in [-0.05, 0) is 59.7 Å². The molecule has 5 aromatic rings. The molecule has 0 bridgehead atoms. The summed E-state index contributed by atoms with van der Waals surface area (Å²) < 4.78 is 6.05. The average Bonchev–Trinajstić information content (AvgIpc) is 3.31. The van der Waals surface area contributed by atoms with Crippen molar-refractivity contribution in [1.29, 1.82) is 0 Å². The number of para-hydroxylation sites is 2. The fourth-order valence-corrected chi connectivity index (χ4v) is 6.19. The van der Waals surface area contributed by atoms with Gasteiger partial charge in [0.2, 0.25) is 0 Å². The van der Waals surface area contributed by atoms with Crippen LogP contribution in [0.4, 0.5) is 0 Å². The van der Waals surface area contributed by atoms with Crippen LogP contribution in [0, 0.1) is 12.8 Å². The molecule has 5 rings (SSSR count). The Morgan fingerprint density at radius 2 is 1.68 bits per heavy atom. The van der Waals surface area contributed by atoms with Gasteiger partial charge in [-0.2, -0.15) is 4.57 Å². The summed E-state index contributed by atoms with van der Waals surface area (Å²) in [7, 11) is 2.19. The first kappa shape index (κ1) is 22.8. The van der Waals surface area contributed by atoms with Gasteiger partial charge in [0.15, 0.2) is 11.0 Å². The van der Waals surface area contributed by atoms with Gasteiger partial charge in [0.1, 0.15) is 5.69 Å². The summed E-state index contributed by atoms with van der Waals surface area (Å²) >= 11 is 1.85. The Morgan fingerprint density at radius 1 is 0.971 bits per heavy atom. The highest BCUT2D eigenvalue weighted by Gasteiger charge is 2.29. The number of hydrogen-bond donors (Lipinski definition) is 0. The topological polar surface area (TPSA) is 21.7 Å². The highest BCUT2D eigenvalue weighted by Crippen LogP contribution is 2.38. The van der Waals surface area contributed by atoms with Crippen molar-refractivity contribution in [3.63, 3.8) is 0 Å². The molecule has 2 aromatic heterocycles. The molecule has 4 heteroatoms. The molecule has 0 aliphatic heterocycles. The fourth-order valence-electron chi connectivity index (χ4n) is 4.82. The largest absolute Gasteiger partial charge is 0.296 e. The Bertz CT molecular complexity index is 1490. The summed E-state index contributed by atoms with van der Waals surface area (Å²) in [5, 5.41) is 1.22. The lowest BCUT2D eigenvalue weighted by Gasteiger charge is -2.18. The normalized spacial score (nSPS) is 12.4. The van der Waals surface area contributed by atoms with Crippen LogP contribution >= 0.6 is 11.3 Å². The number of aromatic nitrogens is 3. The third-order valence-corrected chi connectivity index (χ3v) is 7.73. The molecule has 0 spiro atoms. The quantitative estimate of drug-likeness (QED) is 0.250. The molecule has 0 saturated heterocycles. The first-order valence-corrected chi connectivity index (χ1v) is 13.0. The van der Waals surface area contributed by atoms with Crippen LogP contribution in [-0.2, 0) is 18.9 Å². The van der Waals surface area contributed by atoms with E-state index < -0.39 is 0 Å². The van der Waals surface area contributed by atoms with E-state index in [9.17, 15) is 0 Å². The second-order valence-corrected chi connectivity index (χ2v) is 11.9. The van der Waals surface area contributed by atoms with Gasteiger partial charge in [0, 0.05) is 6.42 Å². The lowest BCUT2D eigenvalue weighted by atomic mass is 9.87. The van der Waals surface area contributed by atoms with E-state index in [0.29, 0.717) is 5.92 Å². The molecule has 0 aliphatic rings. The van der Waals surface area contributed by atoms with E-state index in [2.05, 4.69) is 118 Å². The molecule has 0 unspecified atom stereocenters. The van der Waals surface area contributed by atoms with E-state index in [1.807, 2.05) is 11.3 Å². The number of aryl methyl sites for hydroxylation is 2. The highest BCUT2D eigenvalue weighted by atomic mass is 32.1. The minimum absolute atomic E-state index is 0.127. The average molecular weight is 469 g/mol. The Kier molecular flexibility index (Phi) is 5.60. The summed E-state index contributed by atoms with van der Waals surface area (Å²) in [6.07, 6.45) is 1.02. The van der Waals surface area contributed by atoms with Gasteiger partial charge in [0.05, 0.1) is 27.8 Å². The highest BCUT2D eigenvalue weighted by molar-refractivity contribution is 7.19. The van der Waals surface area contributed by atoms with Crippen LogP contribution in [0.3, 0.4) is 0 Å². The predicted octanol–water partition coefficient (Wildman–Crippen LogP) is 7.54. The minimum atomic E-state index is 0.127. The van der Waals surface area contributed by atoms with Gasteiger partial charge in [0.25, 0.3) is 5.82 Å². The smallest absolute Gasteiger partial charge is 0.241 e. The second-order valence-electron chi connectivity index (χ2n) is 10.8. The van der Waals surface area contributed by atoms with Crippen LogP contribution in [0.25, 0.3) is 38.3 Å². The van der Waals surface area contributed by atoms with Crippen molar-refractivity contribution in [3.8, 4) is 17.1 Å². The first-order chi connectivity index (χ1) is 16.1. The van der Waals surface area contributed by atoms with Crippen molar-refractivity contribution in [1.82, 2.24) is 9.55 Å². The van der Waals surface area contributed by atoms with E-state index in [1.165, 1.54) is 48.9 Å². The molecule has 0 radical (unpaired) electrons. The summed E-state index contributed by atoms with van der Waals surface area (Å²) in [5.74, 6) is 1.79. The monoisotopic (exact) mass is 468 g/mol. The zero-order valence-corrected chi connectivity index (χ0v) is 22.1. The van der Waals surface area contributed by atoms with Crippen LogP contribution < -0.4 is 4.57 Å². The summed E-state index contributed by atoms with van der Waals surface area (Å²) in [6, 6.07) is 22.2. The zero-order chi connectivity index (χ0) is 24.2. The summed E-state index contributed by atoms with van der Waals surface area (Å²) in [6.45, 7) is 13.5. The fraction of sp³-hybridized carbons (Fsp3) is 0.333. The molecular weight excluding hydrogens is 434 g/mol. The van der Waals surface area contributed by atoms with Gasteiger partial charge in [-0.3, -0.25) is 0 Å². The van der Waals surface area contributed by atoms with Crippen molar-refractivity contribution >= 4 is 32.6 Å². The molecule has 34 heavy (non-hydrogen) atoms. The van der Waals surface area contributed by atoms with Gasteiger partial charge in [-0.15, -0.1) is 11.3 Å². The van der Waals surface area contributed by atoms with Gasteiger partial charge in [-0.1, -0.05) is 65.0 Å². The third-order valence-electron chi connectivity index (χ3n) is 6.62. The van der Waals surface area contributed by atoms with Gasteiger partial charge in [-0.25, -0.2) is 9.55 Å². The Labute approximate surface area is 206 Å². The van der Waals surface area contributed by atoms with Crippen LogP contribution in [0.2, 0.25) is 0 Å². The van der Waals surface area contributed by atoms with E-state index in [4.69, 9.17) is 4.98 Å². The van der Waals surface area contributed by atoms with Gasteiger partial charge >= 0.3 is 0 Å². The van der Waals surface area contributed by atoms with Crippen LogP contribution in [0.5, 0.6) is 0 Å². The molecule has 0 fully saturated rings. The molecular formula is C30H34N3S+. The molecule has 3 aromatic carbocycles. The maximum atomic E-state index is 5.00. The molecule has 174 valence electrons. The zero-order valence-electron chi connectivity index (χ0n) is 21.3. The molecule has 0 saturated carbocycles. The first-order valence-electron chi connectivity index (χ1n) is 12.1. The molecule has 0 atom stereocenters. The van der Waals surface area contributed by atoms with Crippen molar-refractivity contribution in [2.24, 2.45) is 13.0 Å². The molecule has 0 aliphatic carbocycles. The number of hydrogen-bond acceptors (Lipinski definition) is 2. The number of thiazole rings is 1. The summed E-state index contributed by atoms with van der Waals surface area (Å²) in [4.78, 5) is 5.00. The Balaban J connectivity index is 1.82. The number of nitrogens with zero attached hydrogens (tertiary/aromatic N) is 3. The van der Waals surface area contributed by atoms with E-state index in [-0.39, 0.29) is 5.41 Å². The van der Waals surface area contributed by atoms with E-state index in [1.54, 1.807) is 0 Å². The number of imidazole rings is 1. The standard InChI is InChI=1S/C30H34N3S/c1-19(2)18-26-31-23-17-12-20(3)27(28(23)34-26)29-32(7)24-10-8-9-11-25(24)33(29)22-15-13-21(14-16-22)30(4,5)6/h8-17,19H,18H2,1-7H3/q+1. The van der Waals surface area contributed by atoms with Crippen LogP contribution in [0.1, 0.15) is 50.8 Å². The third kappa shape index (κ3) is 3.84. The number of rotatable bonds is 4. The SMILES string of the molecule is Cc1ccc2nc(CC(C)C)sc2c1-c1n(-c2ccc(C(C)(C)C)cc2)c2ccccc2[n+]1C. The number of benzene rings is 3. The van der Waals surface area contributed by atoms with Crippen LogP contribution in [0.15, 0.2) is 60.7 Å². The summed E-state index contributed by atoms with van der Waals surface area (Å²) in [5.41, 5.74) is 8.75. The maximum Gasteiger partial charge on any atom is 0.296 e. The molecule has 0 N–H and O–H groups in total. The van der Waals surface area contributed by atoms with Crippen molar-refractivity contribution < 1.29 is 4.57 Å². The maximum absolute atomic E-state index is 5.00. The van der Waals surface area contributed by atoms with E-state index in [0.717, 1.165) is 11.9 Å². The van der Waals surface area contributed by atoms with Crippen molar-refractivity contribution in [3.05, 3.63) is 76.8 Å². The van der Waals surface area contributed by atoms with Crippen LogP contribution in [-0.4, -0.2) is 9.55 Å². The lowest BCUT2D eigenvalue weighted by Crippen LogP contribution is -2.30. The van der Waals surface area contributed by atoms with E-state index >= 15 is 0 Å². The molecule has 3 nitrogen and oxygen atoms in total. The minimum Gasteiger partial charge on any atom is -0.241 e. The molecule has 0 amide bonds. The van der Waals surface area contributed by atoms with Crippen molar-refractivity contribution in [2.45, 2.75) is 53.4 Å². The second kappa shape index (κ2) is 8.35. The van der Waals surface area contributed by atoms with Crippen molar-refractivity contribution in [2.75, 3.05) is 0 Å². The van der Waals surface area contributed by atoms with Gasteiger partial charge < -0.3 is 0 Å². The Morgan fingerprint density at radius 3 is 2.35 bits per heavy atom. The lowest BCUT2D eigenvalue weighted by molar-refractivity contribution is -0.633. The predicted molar refractivity (Wildman–Crippen MR) is 145 cm³/mol. The Hall–Kier alpha value is -2.98.